The maximum atomic E-state index is 13.1. The van der Waals surface area contributed by atoms with Crippen LogP contribution in [-0.2, 0) is 10.9 Å². The van der Waals surface area contributed by atoms with Gasteiger partial charge in [-0.1, -0.05) is 0 Å². The second-order valence-electron chi connectivity index (χ2n) is 5.69. The summed E-state index contributed by atoms with van der Waals surface area (Å²) in [5, 5.41) is 9.18. The Morgan fingerprint density at radius 2 is 1.88 bits per heavy atom. The molecule has 0 saturated carbocycles. The van der Waals surface area contributed by atoms with Gasteiger partial charge in [0.15, 0.2) is 0 Å². The summed E-state index contributed by atoms with van der Waals surface area (Å²) >= 11 is 0. The number of nitrogens with zero attached hydrogens (tertiary/aromatic N) is 3. The highest BCUT2D eigenvalue weighted by Crippen LogP contribution is 2.36. The lowest BCUT2D eigenvalue weighted by atomic mass is 10.1. The molecular formula is C14H18F3N3O5. The minimum Gasteiger partial charge on any atom is -0.465 e. The van der Waals surface area contributed by atoms with Gasteiger partial charge in [0.05, 0.1) is 18.7 Å². The first kappa shape index (κ1) is 18.9. The Hall–Kier alpha value is -2.46. The number of esters is 1. The van der Waals surface area contributed by atoms with Gasteiger partial charge in [0.1, 0.15) is 0 Å². The number of aromatic nitrogens is 1. The zero-order valence-electron chi connectivity index (χ0n) is 13.8. The van der Waals surface area contributed by atoms with Crippen molar-refractivity contribution in [2.24, 2.45) is 0 Å². The van der Waals surface area contributed by atoms with Crippen molar-refractivity contribution < 1.29 is 37.0 Å². The minimum absolute atomic E-state index is 0.0801. The maximum Gasteiger partial charge on any atom is 0.452 e. The molecule has 1 fully saturated rings. The van der Waals surface area contributed by atoms with Gasteiger partial charge in [0.2, 0.25) is 11.5 Å². The number of halogens is 3. The highest BCUT2D eigenvalue weighted by Gasteiger charge is 2.44. The summed E-state index contributed by atoms with van der Waals surface area (Å²) < 4.78 is 48.7. The normalized spacial score (nSPS) is 21.4. The fourth-order valence-corrected chi connectivity index (χ4v) is 2.83. The highest BCUT2D eigenvalue weighted by atomic mass is 19.4. The van der Waals surface area contributed by atoms with Crippen LogP contribution in [0.3, 0.4) is 0 Å². The molecule has 1 aromatic heterocycles. The summed E-state index contributed by atoms with van der Waals surface area (Å²) in [5.41, 5.74) is -0.940. The summed E-state index contributed by atoms with van der Waals surface area (Å²) in [4.78, 5) is 29.2. The van der Waals surface area contributed by atoms with Crippen molar-refractivity contribution in [3.05, 3.63) is 11.5 Å². The molecule has 2 rings (SSSR count). The predicted octanol–water partition coefficient (Wildman–Crippen LogP) is 2.45. The number of amides is 1. The van der Waals surface area contributed by atoms with Crippen LogP contribution in [0.4, 0.5) is 24.0 Å². The van der Waals surface area contributed by atoms with Crippen molar-refractivity contribution in [1.82, 2.24) is 9.88 Å². The number of ether oxygens (including phenoxy) is 1. The standard InChI is InChI=1S/C14H18F3N3O5/c1-4-24-11(21)9-10(14(15,16)17)25-12(18-9)19-5-7(2)20(13(22)23)8(3)6-19/h7-8H,4-6H2,1-3H3,(H,22,23). The Balaban J connectivity index is 2.34. The largest absolute Gasteiger partial charge is 0.465 e. The number of alkyl halides is 3. The fraction of sp³-hybridized carbons (Fsp3) is 0.643. The second-order valence-corrected chi connectivity index (χ2v) is 5.69. The van der Waals surface area contributed by atoms with E-state index in [1.54, 1.807) is 13.8 Å². The molecule has 2 unspecified atom stereocenters. The number of carboxylic acid groups (broad SMARTS) is 1. The van der Waals surface area contributed by atoms with Gasteiger partial charge in [0, 0.05) is 13.1 Å². The minimum atomic E-state index is -4.91. The highest BCUT2D eigenvalue weighted by molar-refractivity contribution is 5.89. The Bertz CT molecular complexity index is 649. The molecule has 1 aliphatic heterocycles. The number of anilines is 1. The van der Waals surface area contributed by atoms with E-state index in [9.17, 15) is 27.9 Å². The van der Waals surface area contributed by atoms with Crippen molar-refractivity contribution in [2.75, 3.05) is 24.6 Å². The summed E-state index contributed by atoms with van der Waals surface area (Å²) in [6, 6.07) is -1.37. The molecule has 0 aromatic carbocycles. The molecule has 8 nitrogen and oxygen atoms in total. The number of carbonyl (C=O) groups is 2. The monoisotopic (exact) mass is 365 g/mol. The number of carbonyl (C=O) groups excluding carboxylic acids is 1. The predicted molar refractivity (Wildman–Crippen MR) is 78.5 cm³/mol. The molecule has 0 radical (unpaired) electrons. The quantitative estimate of drug-likeness (QED) is 0.822. The van der Waals surface area contributed by atoms with E-state index in [0.717, 1.165) is 0 Å². The molecule has 1 saturated heterocycles. The Morgan fingerprint density at radius 1 is 1.32 bits per heavy atom. The van der Waals surface area contributed by atoms with Crippen molar-refractivity contribution in [1.29, 1.82) is 0 Å². The first-order chi connectivity index (χ1) is 11.6. The summed E-state index contributed by atoms with van der Waals surface area (Å²) in [6.07, 6.45) is -6.02. The van der Waals surface area contributed by atoms with E-state index < -0.39 is 41.8 Å². The van der Waals surface area contributed by atoms with Crippen molar-refractivity contribution >= 4 is 18.1 Å². The van der Waals surface area contributed by atoms with Gasteiger partial charge in [-0.2, -0.15) is 18.2 Å². The van der Waals surface area contributed by atoms with Crippen LogP contribution in [0, 0.1) is 0 Å². The van der Waals surface area contributed by atoms with E-state index in [4.69, 9.17) is 4.42 Å². The van der Waals surface area contributed by atoms with Gasteiger partial charge < -0.3 is 19.2 Å². The van der Waals surface area contributed by atoms with Crippen molar-refractivity contribution in [3.8, 4) is 0 Å². The van der Waals surface area contributed by atoms with Crippen LogP contribution < -0.4 is 4.90 Å². The Morgan fingerprint density at radius 3 is 2.32 bits per heavy atom. The van der Waals surface area contributed by atoms with E-state index in [-0.39, 0.29) is 25.7 Å². The van der Waals surface area contributed by atoms with Gasteiger partial charge in [-0.25, -0.2) is 9.59 Å². The molecule has 0 aliphatic carbocycles. The van der Waals surface area contributed by atoms with Gasteiger partial charge in [-0.15, -0.1) is 0 Å². The SMILES string of the molecule is CCOC(=O)c1nc(N2CC(C)N(C(=O)O)C(C)C2)oc1C(F)(F)F. The van der Waals surface area contributed by atoms with E-state index in [1.807, 2.05) is 0 Å². The Kier molecular flexibility index (Phi) is 5.14. The van der Waals surface area contributed by atoms with E-state index in [2.05, 4.69) is 9.72 Å². The smallest absolute Gasteiger partial charge is 0.452 e. The molecule has 1 aromatic rings. The Labute approximate surface area is 141 Å². The molecular weight excluding hydrogens is 347 g/mol. The zero-order chi connectivity index (χ0) is 18.9. The van der Waals surface area contributed by atoms with E-state index in [0.29, 0.717) is 0 Å². The number of rotatable bonds is 3. The van der Waals surface area contributed by atoms with Crippen LogP contribution in [0.25, 0.3) is 0 Å². The lowest BCUT2D eigenvalue weighted by molar-refractivity contribution is -0.153. The first-order valence-electron chi connectivity index (χ1n) is 7.57. The molecule has 25 heavy (non-hydrogen) atoms. The number of hydrogen-bond donors (Lipinski definition) is 1. The molecule has 1 N–H and O–H groups in total. The summed E-state index contributed by atoms with van der Waals surface area (Å²) in [5.74, 6) is -2.75. The molecule has 11 heteroatoms. The van der Waals surface area contributed by atoms with Gasteiger partial charge in [-0.3, -0.25) is 4.90 Å². The third kappa shape index (κ3) is 3.80. The van der Waals surface area contributed by atoms with Crippen LogP contribution >= 0.6 is 0 Å². The van der Waals surface area contributed by atoms with Gasteiger partial charge >= 0.3 is 18.2 Å². The molecule has 140 valence electrons. The number of hydrogen-bond acceptors (Lipinski definition) is 6. The van der Waals surface area contributed by atoms with Gasteiger partial charge in [0.25, 0.3) is 6.01 Å². The third-order valence-corrected chi connectivity index (χ3v) is 3.75. The molecule has 1 amide bonds. The van der Waals surface area contributed by atoms with E-state index in [1.165, 1.54) is 16.7 Å². The topological polar surface area (TPSA) is 96.1 Å². The second kappa shape index (κ2) is 6.81. The molecule has 1 aliphatic rings. The lowest BCUT2D eigenvalue weighted by Crippen LogP contribution is -2.58. The molecule has 0 spiro atoms. The van der Waals surface area contributed by atoms with Crippen LogP contribution in [0.5, 0.6) is 0 Å². The van der Waals surface area contributed by atoms with Crippen LogP contribution in [0.15, 0.2) is 4.42 Å². The van der Waals surface area contributed by atoms with Crippen LogP contribution in [-0.4, -0.2) is 58.8 Å². The fourth-order valence-electron chi connectivity index (χ4n) is 2.83. The average molecular weight is 365 g/mol. The van der Waals surface area contributed by atoms with E-state index >= 15 is 0 Å². The summed E-state index contributed by atoms with van der Waals surface area (Å²) in [6.45, 7) is 4.76. The van der Waals surface area contributed by atoms with Crippen LogP contribution in [0.2, 0.25) is 0 Å². The zero-order valence-corrected chi connectivity index (χ0v) is 13.8. The summed E-state index contributed by atoms with van der Waals surface area (Å²) in [7, 11) is 0. The average Bonchev–Trinajstić information content (AvgIpc) is 2.91. The number of piperazine rings is 1. The lowest BCUT2D eigenvalue weighted by Gasteiger charge is -2.42. The molecule has 0 bridgehead atoms. The number of oxazole rings is 1. The van der Waals surface area contributed by atoms with Crippen molar-refractivity contribution in [2.45, 2.75) is 39.0 Å². The third-order valence-electron chi connectivity index (χ3n) is 3.75. The molecule has 2 heterocycles. The van der Waals surface area contributed by atoms with Gasteiger partial charge in [-0.05, 0) is 20.8 Å². The van der Waals surface area contributed by atoms with Crippen LogP contribution in [0.1, 0.15) is 37.0 Å². The first-order valence-corrected chi connectivity index (χ1v) is 7.57. The van der Waals surface area contributed by atoms with Crippen molar-refractivity contribution in [3.63, 3.8) is 0 Å². The maximum absolute atomic E-state index is 13.1. The molecule has 2 atom stereocenters.